The Morgan fingerprint density at radius 3 is 2.52 bits per heavy atom. The Morgan fingerprint density at radius 1 is 1.29 bits per heavy atom. The zero-order chi connectivity index (χ0) is 16.1. The Labute approximate surface area is 129 Å². The van der Waals surface area contributed by atoms with Crippen LogP contribution >= 0.6 is 0 Å². The van der Waals surface area contributed by atoms with Gasteiger partial charge in [0.25, 0.3) is 0 Å². The number of unbranched alkanes of at least 4 members (excludes halogenated alkanes) is 1. The molecule has 0 amide bonds. The number of carbonyl (C=O) groups is 1. The summed E-state index contributed by atoms with van der Waals surface area (Å²) in [5.74, 6) is -0.0858. The molecule has 1 aliphatic rings. The summed E-state index contributed by atoms with van der Waals surface area (Å²) in [7, 11) is 0. The maximum Gasteiger partial charge on any atom is 0.323 e. The Balaban J connectivity index is 2.38. The number of ether oxygens (including phenoxy) is 1. The molecule has 1 fully saturated rings. The molecule has 120 valence electrons. The molecule has 1 atom stereocenters. The van der Waals surface area contributed by atoms with Gasteiger partial charge in [-0.1, -0.05) is 6.42 Å². The van der Waals surface area contributed by atoms with Crippen LogP contribution in [0.1, 0.15) is 66.7 Å². The molecule has 0 aromatic carbocycles. The third-order valence-corrected chi connectivity index (χ3v) is 3.84. The molecule has 0 saturated carbocycles. The Morgan fingerprint density at radius 2 is 1.95 bits per heavy atom. The largest absolute Gasteiger partial charge is 0.459 e. The van der Waals surface area contributed by atoms with Crippen LogP contribution in [-0.4, -0.2) is 35.6 Å². The highest BCUT2D eigenvalue weighted by Crippen LogP contribution is 2.24. The van der Waals surface area contributed by atoms with Gasteiger partial charge in [-0.15, -0.1) is 0 Å². The van der Waals surface area contributed by atoms with Crippen molar-refractivity contribution in [1.82, 2.24) is 4.90 Å². The van der Waals surface area contributed by atoms with Gasteiger partial charge >= 0.3 is 5.97 Å². The van der Waals surface area contributed by atoms with Crippen LogP contribution in [0, 0.1) is 16.7 Å². The van der Waals surface area contributed by atoms with Crippen molar-refractivity contribution in [3.63, 3.8) is 0 Å². The highest BCUT2D eigenvalue weighted by Gasteiger charge is 2.33. The quantitative estimate of drug-likeness (QED) is 0.555. The van der Waals surface area contributed by atoms with Crippen LogP contribution in [-0.2, 0) is 9.53 Å². The van der Waals surface area contributed by atoms with Crippen LogP contribution in [0.5, 0.6) is 0 Å². The van der Waals surface area contributed by atoms with Gasteiger partial charge in [0.15, 0.2) is 0 Å². The van der Waals surface area contributed by atoms with Crippen LogP contribution in [0.3, 0.4) is 0 Å². The summed E-state index contributed by atoms with van der Waals surface area (Å²) in [5.41, 5.74) is -0.655. The second-order valence-electron chi connectivity index (χ2n) is 7.68. The summed E-state index contributed by atoms with van der Waals surface area (Å²) in [5, 5.41) is 9.01. The highest BCUT2D eigenvalue weighted by atomic mass is 16.6. The van der Waals surface area contributed by atoms with E-state index >= 15 is 0 Å². The maximum atomic E-state index is 12.2. The molecule has 1 aliphatic heterocycles. The molecular weight excluding hydrogens is 264 g/mol. The summed E-state index contributed by atoms with van der Waals surface area (Å²) >= 11 is 0. The van der Waals surface area contributed by atoms with Crippen molar-refractivity contribution in [3.8, 4) is 6.07 Å². The summed E-state index contributed by atoms with van der Waals surface area (Å²) in [6.45, 7) is 11.6. The van der Waals surface area contributed by atoms with Crippen molar-refractivity contribution < 1.29 is 9.53 Å². The van der Waals surface area contributed by atoms with Gasteiger partial charge in [0.2, 0.25) is 0 Å². The lowest BCUT2D eigenvalue weighted by atomic mass is 9.89. The SMILES string of the molecule is CC(C)(C#N)CCCCN1CCC[C@H]1C(=O)OC(C)(C)C. The zero-order valence-electron chi connectivity index (χ0n) is 14.2. The van der Waals surface area contributed by atoms with Gasteiger partial charge in [-0.3, -0.25) is 9.69 Å². The average Bonchev–Trinajstić information content (AvgIpc) is 2.81. The molecule has 0 aromatic heterocycles. The van der Waals surface area contributed by atoms with E-state index in [1.807, 2.05) is 34.6 Å². The topological polar surface area (TPSA) is 53.3 Å². The third kappa shape index (κ3) is 6.48. The van der Waals surface area contributed by atoms with Gasteiger partial charge in [-0.2, -0.15) is 5.26 Å². The molecule has 0 radical (unpaired) electrons. The molecule has 4 heteroatoms. The minimum absolute atomic E-state index is 0.0757. The fourth-order valence-corrected chi connectivity index (χ4v) is 2.67. The standard InChI is InChI=1S/C17H30N2O2/c1-16(2,3)21-15(20)14-9-8-12-19(14)11-7-6-10-17(4,5)13-18/h14H,6-12H2,1-5H3/t14-/m0/s1. The number of nitrogens with zero attached hydrogens (tertiary/aromatic N) is 2. The van der Waals surface area contributed by atoms with Crippen LogP contribution in [0.15, 0.2) is 0 Å². The molecule has 0 aromatic rings. The van der Waals surface area contributed by atoms with Gasteiger partial charge in [0.1, 0.15) is 11.6 Å². The third-order valence-electron chi connectivity index (χ3n) is 3.84. The van der Waals surface area contributed by atoms with E-state index in [-0.39, 0.29) is 17.4 Å². The Hall–Kier alpha value is -1.08. The number of esters is 1. The van der Waals surface area contributed by atoms with E-state index in [1.165, 1.54) is 0 Å². The van der Waals surface area contributed by atoms with Crippen molar-refractivity contribution >= 4 is 5.97 Å². The predicted octanol–water partition coefficient (Wildman–Crippen LogP) is 3.51. The maximum absolute atomic E-state index is 12.2. The molecule has 21 heavy (non-hydrogen) atoms. The molecule has 1 saturated heterocycles. The van der Waals surface area contributed by atoms with E-state index in [4.69, 9.17) is 10.00 Å². The lowest BCUT2D eigenvalue weighted by Gasteiger charge is -2.27. The average molecular weight is 294 g/mol. The molecular formula is C17H30N2O2. The van der Waals surface area contributed by atoms with Crippen molar-refractivity contribution in [2.75, 3.05) is 13.1 Å². The number of hydrogen-bond acceptors (Lipinski definition) is 4. The number of carbonyl (C=O) groups excluding carboxylic acids is 1. The summed E-state index contributed by atoms with van der Waals surface area (Å²) < 4.78 is 5.51. The van der Waals surface area contributed by atoms with E-state index in [0.29, 0.717) is 0 Å². The van der Waals surface area contributed by atoms with Gasteiger partial charge < -0.3 is 4.74 Å². The van der Waals surface area contributed by atoms with E-state index in [9.17, 15) is 4.79 Å². The Bertz CT molecular complexity index is 391. The Kier molecular flexibility index (Phi) is 6.22. The first-order valence-electron chi connectivity index (χ1n) is 8.03. The molecule has 1 heterocycles. The molecule has 1 rings (SSSR count). The van der Waals surface area contributed by atoms with Crippen LogP contribution in [0.2, 0.25) is 0 Å². The second-order valence-corrected chi connectivity index (χ2v) is 7.68. The van der Waals surface area contributed by atoms with Gasteiger partial charge in [-0.05, 0) is 73.4 Å². The van der Waals surface area contributed by atoms with Crippen LogP contribution in [0.4, 0.5) is 0 Å². The van der Waals surface area contributed by atoms with Gasteiger partial charge in [-0.25, -0.2) is 0 Å². The lowest BCUT2D eigenvalue weighted by Crippen LogP contribution is -2.40. The van der Waals surface area contributed by atoms with E-state index < -0.39 is 5.60 Å². The molecule has 0 unspecified atom stereocenters. The lowest BCUT2D eigenvalue weighted by molar-refractivity contribution is -0.160. The van der Waals surface area contributed by atoms with Crippen molar-refractivity contribution in [1.29, 1.82) is 5.26 Å². The van der Waals surface area contributed by atoms with Crippen LogP contribution < -0.4 is 0 Å². The molecule has 4 nitrogen and oxygen atoms in total. The monoisotopic (exact) mass is 294 g/mol. The number of hydrogen-bond donors (Lipinski definition) is 0. The summed E-state index contributed by atoms with van der Waals surface area (Å²) in [6, 6.07) is 2.26. The number of likely N-dealkylation sites (tertiary alicyclic amines) is 1. The van der Waals surface area contributed by atoms with E-state index in [2.05, 4.69) is 11.0 Å². The fraction of sp³-hybridized carbons (Fsp3) is 0.882. The minimum Gasteiger partial charge on any atom is -0.459 e. The zero-order valence-corrected chi connectivity index (χ0v) is 14.2. The summed E-state index contributed by atoms with van der Waals surface area (Å²) in [6.07, 6.45) is 4.93. The number of rotatable bonds is 6. The van der Waals surface area contributed by atoms with Gasteiger partial charge in [0, 0.05) is 0 Å². The smallest absolute Gasteiger partial charge is 0.323 e. The first-order chi connectivity index (χ1) is 9.64. The van der Waals surface area contributed by atoms with Crippen molar-refractivity contribution in [3.05, 3.63) is 0 Å². The number of nitriles is 1. The van der Waals surface area contributed by atoms with Crippen LogP contribution in [0.25, 0.3) is 0 Å². The second kappa shape index (κ2) is 7.26. The molecule has 0 N–H and O–H groups in total. The molecule has 0 spiro atoms. The first kappa shape index (κ1) is 18.0. The van der Waals surface area contributed by atoms with Crippen molar-refractivity contribution in [2.24, 2.45) is 5.41 Å². The summed E-state index contributed by atoms with van der Waals surface area (Å²) in [4.78, 5) is 14.4. The van der Waals surface area contributed by atoms with E-state index in [1.54, 1.807) is 0 Å². The van der Waals surface area contributed by atoms with Gasteiger partial charge in [0.05, 0.1) is 11.5 Å². The fourth-order valence-electron chi connectivity index (χ4n) is 2.67. The highest BCUT2D eigenvalue weighted by molar-refractivity contribution is 5.76. The minimum atomic E-state index is -0.415. The predicted molar refractivity (Wildman–Crippen MR) is 83.7 cm³/mol. The van der Waals surface area contributed by atoms with E-state index in [0.717, 1.165) is 45.2 Å². The first-order valence-corrected chi connectivity index (χ1v) is 8.03. The normalized spacial score (nSPS) is 20.3. The molecule has 0 bridgehead atoms. The van der Waals surface area contributed by atoms with Crippen molar-refractivity contribution in [2.45, 2.75) is 78.4 Å². The molecule has 0 aliphatic carbocycles.